The summed E-state index contributed by atoms with van der Waals surface area (Å²) in [5.74, 6) is 1.71. The predicted octanol–water partition coefficient (Wildman–Crippen LogP) is 3.57. The lowest BCUT2D eigenvalue weighted by Gasteiger charge is -2.36. The van der Waals surface area contributed by atoms with Gasteiger partial charge in [0.15, 0.2) is 5.76 Å². The molecule has 0 atom stereocenters. The first-order valence-electron chi connectivity index (χ1n) is 10.5. The highest BCUT2D eigenvalue weighted by Crippen LogP contribution is 2.20. The quantitative estimate of drug-likeness (QED) is 0.624. The number of piperazine rings is 1. The third-order valence-corrected chi connectivity index (χ3v) is 5.06. The third kappa shape index (κ3) is 5.40. The number of nitrogens with one attached hydrogen (secondary N) is 1. The molecule has 31 heavy (non-hydrogen) atoms. The zero-order valence-corrected chi connectivity index (χ0v) is 17.8. The number of carbonyl (C=O) groups excluding carboxylic acids is 1. The van der Waals surface area contributed by atoms with Crippen molar-refractivity contribution in [1.29, 1.82) is 0 Å². The van der Waals surface area contributed by atoms with Gasteiger partial charge >= 0.3 is 0 Å². The van der Waals surface area contributed by atoms with Gasteiger partial charge in [0.1, 0.15) is 30.3 Å². The lowest BCUT2D eigenvalue weighted by Crippen LogP contribution is -2.46. The van der Waals surface area contributed by atoms with E-state index in [1.54, 1.807) is 18.2 Å². The first-order chi connectivity index (χ1) is 15.1. The number of amides is 1. The molecule has 1 aliphatic rings. The van der Waals surface area contributed by atoms with E-state index in [4.69, 9.17) is 9.15 Å². The van der Waals surface area contributed by atoms with E-state index in [9.17, 15) is 4.79 Å². The van der Waals surface area contributed by atoms with Gasteiger partial charge in [-0.1, -0.05) is 18.2 Å². The standard InChI is InChI=1S/C23H27N5O3/c1-17(2)30-15-19-8-9-20(31-19)23(29)26-21-14-22(25-16-24-21)28-12-10-27(11-13-28)18-6-4-3-5-7-18/h3-9,14,16-17H,10-13,15H2,1-2H3,(H,24,25,26,29). The minimum atomic E-state index is -0.352. The summed E-state index contributed by atoms with van der Waals surface area (Å²) in [7, 11) is 0. The molecule has 1 aliphatic heterocycles. The molecule has 0 saturated carbocycles. The SMILES string of the molecule is CC(C)OCc1ccc(C(=O)Nc2cc(N3CCN(c4ccccc4)CC3)ncn2)o1. The molecule has 0 spiro atoms. The van der Waals surface area contributed by atoms with Gasteiger partial charge in [-0.3, -0.25) is 4.79 Å². The summed E-state index contributed by atoms with van der Waals surface area (Å²) in [5.41, 5.74) is 1.23. The summed E-state index contributed by atoms with van der Waals surface area (Å²) in [5, 5.41) is 2.79. The van der Waals surface area contributed by atoms with Crippen LogP contribution >= 0.6 is 0 Å². The normalized spacial score (nSPS) is 14.2. The Labute approximate surface area is 181 Å². The molecule has 1 aromatic carbocycles. The smallest absolute Gasteiger partial charge is 0.292 e. The molecule has 1 amide bonds. The van der Waals surface area contributed by atoms with Crippen LogP contribution in [-0.2, 0) is 11.3 Å². The van der Waals surface area contributed by atoms with Crippen molar-refractivity contribution in [2.45, 2.75) is 26.6 Å². The van der Waals surface area contributed by atoms with E-state index in [0.29, 0.717) is 18.2 Å². The number of hydrogen-bond donors (Lipinski definition) is 1. The lowest BCUT2D eigenvalue weighted by molar-refractivity contribution is 0.0537. The number of nitrogens with zero attached hydrogens (tertiary/aromatic N) is 4. The first-order valence-corrected chi connectivity index (χ1v) is 10.5. The van der Waals surface area contributed by atoms with Crippen LogP contribution in [0.15, 0.2) is 59.3 Å². The number of ether oxygens (including phenoxy) is 1. The molecular weight excluding hydrogens is 394 g/mol. The van der Waals surface area contributed by atoms with Gasteiger partial charge < -0.3 is 24.3 Å². The van der Waals surface area contributed by atoms with Crippen molar-refractivity contribution in [3.8, 4) is 0 Å². The van der Waals surface area contributed by atoms with Crippen molar-refractivity contribution in [1.82, 2.24) is 9.97 Å². The number of hydrogen-bond acceptors (Lipinski definition) is 7. The molecule has 1 saturated heterocycles. The number of benzene rings is 1. The van der Waals surface area contributed by atoms with Crippen LogP contribution in [0.5, 0.6) is 0 Å². The molecule has 3 aromatic rings. The van der Waals surface area contributed by atoms with Crippen molar-refractivity contribution in [3.05, 3.63) is 66.4 Å². The zero-order chi connectivity index (χ0) is 21.6. The van der Waals surface area contributed by atoms with Crippen LogP contribution < -0.4 is 15.1 Å². The topological polar surface area (TPSA) is 83.7 Å². The number of carbonyl (C=O) groups is 1. The first kappa shape index (κ1) is 20.9. The minimum Gasteiger partial charge on any atom is -0.453 e. The van der Waals surface area contributed by atoms with E-state index in [-0.39, 0.29) is 17.8 Å². The van der Waals surface area contributed by atoms with Crippen LogP contribution in [-0.4, -0.2) is 48.2 Å². The van der Waals surface area contributed by atoms with Crippen molar-refractivity contribution in [2.24, 2.45) is 0 Å². The fourth-order valence-electron chi connectivity index (χ4n) is 3.43. The highest BCUT2D eigenvalue weighted by atomic mass is 16.5. The minimum absolute atomic E-state index is 0.0939. The fourth-order valence-corrected chi connectivity index (χ4v) is 3.43. The molecule has 0 aliphatic carbocycles. The second-order valence-electron chi connectivity index (χ2n) is 7.65. The maximum atomic E-state index is 12.5. The Kier molecular flexibility index (Phi) is 6.47. The second kappa shape index (κ2) is 9.61. The molecule has 162 valence electrons. The fraction of sp³-hybridized carbons (Fsp3) is 0.348. The van der Waals surface area contributed by atoms with Gasteiger partial charge in [0, 0.05) is 37.9 Å². The van der Waals surface area contributed by atoms with E-state index in [0.717, 1.165) is 32.0 Å². The predicted molar refractivity (Wildman–Crippen MR) is 119 cm³/mol. The van der Waals surface area contributed by atoms with Gasteiger partial charge in [0.25, 0.3) is 5.91 Å². The van der Waals surface area contributed by atoms with E-state index >= 15 is 0 Å². The van der Waals surface area contributed by atoms with Gasteiger partial charge in [-0.15, -0.1) is 0 Å². The van der Waals surface area contributed by atoms with Crippen molar-refractivity contribution < 1.29 is 13.9 Å². The number of para-hydroxylation sites is 1. The molecule has 0 radical (unpaired) electrons. The molecule has 1 N–H and O–H groups in total. The summed E-state index contributed by atoms with van der Waals surface area (Å²) in [6.45, 7) is 7.73. The van der Waals surface area contributed by atoms with Crippen molar-refractivity contribution >= 4 is 23.2 Å². The Morgan fingerprint density at radius 2 is 1.81 bits per heavy atom. The molecular formula is C23H27N5O3. The van der Waals surface area contributed by atoms with Crippen LogP contribution in [0.3, 0.4) is 0 Å². The number of furan rings is 1. The second-order valence-corrected chi connectivity index (χ2v) is 7.65. The Morgan fingerprint density at radius 3 is 2.55 bits per heavy atom. The summed E-state index contributed by atoms with van der Waals surface area (Å²) in [6, 6.07) is 15.6. The molecule has 3 heterocycles. The molecule has 0 unspecified atom stereocenters. The summed E-state index contributed by atoms with van der Waals surface area (Å²) in [6.07, 6.45) is 1.56. The van der Waals surface area contributed by atoms with E-state index in [1.165, 1.54) is 12.0 Å². The Morgan fingerprint density at radius 1 is 1.06 bits per heavy atom. The maximum Gasteiger partial charge on any atom is 0.292 e. The van der Waals surface area contributed by atoms with E-state index in [1.807, 2.05) is 19.9 Å². The summed E-state index contributed by atoms with van der Waals surface area (Å²) in [4.78, 5) is 25.7. The number of rotatable bonds is 7. The largest absolute Gasteiger partial charge is 0.453 e. The Hall–Kier alpha value is -3.39. The number of aromatic nitrogens is 2. The van der Waals surface area contributed by atoms with Crippen LogP contribution in [0.1, 0.15) is 30.2 Å². The van der Waals surface area contributed by atoms with Crippen LogP contribution in [0.4, 0.5) is 17.3 Å². The maximum absolute atomic E-state index is 12.5. The molecule has 2 aromatic heterocycles. The monoisotopic (exact) mass is 421 g/mol. The summed E-state index contributed by atoms with van der Waals surface area (Å²) < 4.78 is 11.1. The Bertz CT molecular complexity index is 997. The van der Waals surface area contributed by atoms with Gasteiger partial charge in [-0.2, -0.15) is 0 Å². The van der Waals surface area contributed by atoms with Crippen LogP contribution in [0.25, 0.3) is 0 Å². The van der Waals surface area contributed by atoms with Gasteiger partial charge in [-0.25, -0.2) is 9.97 Å². The Balaban J connectivity index is 1.35. The van der Waals surface area contributed by atoms with Crippen molar-refractivity contribution in [2.75, 3.05) is 41.3 Å². The van der Waals surface area contributed by atoms with Crippen LogP contribution in [0.2, 0.25) is 0 Å². The molecule has 8 heteroatoms. The summed E-state index contributed by atoms with van der Waals surface area (Å²) >= 11 is 0. The van der Waals surface area contributed by atoms with Gasteiger partial charge in [-0.05, 0) is 38.1 Å². The highest BCUT2D eigenvalue weighted by Gasteiger charge is 2.19. The average molecular weight is 422 g/mol. The van der Waals surface area contributed by atoms with Crippen molar-refractivity contribution in [3.63, 3.8) is 0 Å². The van der Waals surface area contributed by atoms with E-state index in [2.05, 4.69) is 49.4 Å². The molecule has 0 bridgehead atoms. The molecule has 8 nitrogen and oxygen atoms in total. The lowest BCUT2D eigenvalue weighted by atomic mass is 10.2. The van der Waals surface area contributed by atoms with Gasteiger partial charge in [0.2, 0.25) is 0 Å². The number of anilines is 3. The highest BCUT2D eigenvalue weighted by molar-refractivity contribution is 6.01. The van der Waals surface area contributed by atoms with E-state index < -0.39 is 0 Å². The zero-order valence-electron chi connectivity index (χ0n) is 17.8. The average Bonchev–Trinajstić information content (AvgIpc) is 3.28. The molecule has 1 fully saturated rings. The third-order valence-electron chi connectivity index (χ3n) is 5.06. The van der Waals surface area contributed by atoms with Gasteiger partial charge in [0.05, 0.1) is 6.10 Å². The van der Waals surface area contributed by atoms with Crippen LogP contribution in [0, 0.1) is 0 Å². The molecule has 4 rings (SSSR count).